The second-order valence-electron chi connectivity index (χ2n) is 14.2. The number of nitrogens with zero attached hydrogens (tertiary/aromatic N) is 2. The van der Waals surface area contributed by atoms with Gasteiger partial charge in [0.25, 0.3) is 0 Å². The molecule has 4 N–H and O–H groups in total. The highest BCUT2D eigenvalue weighted by molar-refractivity contribution is 5.87. The summed E-state index contributed by atoms with van der Waals surface area (Å²) in [6, 6.07) is 8.16. The topological polar surface area (TPSA) is 167 Å². The van der Waals surface area contributed by atoms with Crippen LogP contribution < -0.4 is 16.0 Å². The van der Waals surface area contributed by atoms with Crippen molar-refractivity contribution in [3.8, 4) is 0 Å². The molecule has 8 atom stereocenters. The monoisotopic (exact) mass is 750 g/mol. The van der Waals surface area contributed by atoms with E-state index in [2.05, 4.69) is 29.8 Å². The minimum Gasteiger partial charge on any atom is -0.480 e. The summed E-state index contributed by atoms with van der Waals surface area (Å²) in [5.74, 6) is -1.56. The number of likely N-dealkylation sites (tertiary alicyclic amines) is 1. The smallest absolute Gasteiger partial charge is 0.321 e. The highest BCUT2D eigenvalue weighted by Crippen LogP contribution is 2.28. The minimum atomic E-state index is -0.814. The van der Waals surface area contributed by atoms with E-state index in [4.69, 9.17) is 14.6 Å². The van der Waals surface area contributed by atoms with Gasteiger partial charge in [0, 0.05) is 33.7 Å². The quantitative estimate of drug-likeness (QED) is 0.144. The van der Waals surface area contributed by atoms with Gasteiger partial charge in [-0.15, -0.1) is 0 Å². The molecule has 0 radical (unpaired) electrons. The first-order valence-corrected chi connectivity index (χ1v) is 19.1. The second-order valence-corrected chi connectivity index (χ2v) is 14.2. The zero-order valence-corrected chi connectivity index (χ0v) is 34.5. The predicted octanol–water partition coefficient (Wildman–Crippen LogP) is 3.78. The molecule has 2 rings (SSSR count). The molecule has 1 aromatic rings. The Morgan fingerprint density at radius 1 is 1.00 bits per heavy atom. The normalized spacial score (nSPS) is 17.8. The van der Waals surface area contributed by atoms with Crippen molar-refractivity contribution in [3.05, 3.63) is 35.9 Å². The first kappa shape index (κ1) is 49.6. The number of hydrogen-bond acceptors (Lipinski definition) is 9. The van der Waals surface area contributed by atoms with Gasteiger partial charge in [-0.1, -0.05) is 91.6 Å². The lowest BCUT2D eigenvalue weighted by atomic mass is 9.90. The molecule has 1 aliphatic heterocycles. The number of benzene rings is 1. The molecule has 0 saturated carbocycles. The van der Waals surface area contributed by atoms with E-state index in [1.54, 1.807) is 52.1 Å². The van der Waals surface area contributed by atoms with E-state index in [0.717, 1.165) is 31.1 Å². The molecule has 1 aromatic carbocycles. The molecule has 13 heteroatoms. The number of carboxylic acids is 1. The van der Waals surface area contributed by atoms with Crippen molar-refractivity contribution in [1.29, 1.82) is 0 Å². The summed E-state index contributed by atoms with van der Waals surface area (Å²) >= 11 is 0. The number of amides is 3. The van der Waals surface area contributed by atoms with Crippen LogP contribution in [0.25, 0.3) is 0 Å². The van der Waals surface area contributed by atoms with E-state index in [-0.39, 0.29) is 72.7 Å². The maximum absolute atomic E-state index is 13.5. The summed E-state index contributed by atoms with van der Waals surface area (Å²) in [5, 5.41) is 17.2. The van der Waals surface area contributed by atoms with Gasteiger partial charge in [0.2, 0.25) is 17.7 Å². The fourth-order valence-electron chi connectivity index (χ4n) is 6.61. The first-order chi connectivity index (χ1) is 25.1. The van der Waals surface area contributed by atoms with Gasteiger partial charge in [-0.05, 0) is 50.8 Å². The van der Waals surface area contributed by atoms with E-state index < -0.39 is 18.1 Å². The highest BCUT2D eigenvalue weighted by Gasteiger charge is 2.40. The third kappa shape index (κ3) is 16.7. The summed E-state index contributed by atoms with van der Waals surface area (Å²) in [5.41, 5.74) is 1.03. The van der Waals surface area contributed by atoms with Crippen LogP contribution in [0.3, 0.4) is 0 Å². The fraction of sp³-hybridized carbons (Fsp3) is 0.725. The predicted molar refractivity (Wildman–Crippen MR) is 209 cm³/mol. The van der Waals surface area contributed by atoms with Gasteiger partial charge in [-0.2, -0.15) is 0 Å². The molecule has 8 unspecified atom stereocenters. The number of rotatable bonds is 20. The van der Waals surface area contributed by atoms with Gasteiger partial charge in [0.1, 0.15) is 12.3 Å². The van der Waals surface area contributed by atoms with Gasteiger partial charge in [-0.25, -0.2) is 0 Å². The molecule has 0 aliphatic carbocycles. The minimum absolute atomic E-state index is 0.0549. The lowest BCUT2D eigenvalue weighted by Crippen LogP contribution is -2.55. The molecule has 304 valence electrons. The molecule has 0 bridgehead atoms. The molecule has 1 aliphatic rings. The maximum atomic E-state index is 13.5. The number of carboxylic acid groups (broad SMARTS) is 1. The molecular weight excluding hydrogens is 678 g/mol. The first-order valence-electron chi connectivity index (χ1n) is 19.1. The van der Waals surface area contributed by atoms with Crippen LogP contribution in [0.1, 0.15) is 86.1 Å². The number of ether oxygens (including phenoxy) is 2. The number of carbonyl (C=O) groups is 5. The number of carbonyl (C=O) groups excluding carboxylic acids is 4. The van der Waals surface area contributed by atoms with Crippen molar-refractivity contribution in [2.24, 2.45) is 17.8 Å². The van der Waals surface area contributed by atoms with Crippen molar-refractivity contribution in [2.45, 2.75) is 123 Å². The molecule has 0 spiro atoms. The third-order valence-corrected chi connectivity index (χ3v) is 9.73. The van der Waals surface area contributed by atoms with E-state index in [1.807, 2.05) is 58.0 Å². The van der Waals surface area contributed by atoms with E-state index >= 15 is 0 Å². The van der Waals surface area contributed by atoms with Crippen molar-refractivity contribution in [1.82, 2.24) is 25.8 Å². The van der Waals surface area contributed by atoms with Crippen LogP contribution in [0.4, 0.5) is 0 Å². The number of methoxy groups -OCH3 is 2. The van der Waals surface area contributed by atoms with Crippen LogP contribution in [0.5, 0.6) is 0 Å². The van der Waals surface area contributed by atoms with Crippen LogP contribution in [0, 0.1) is 17.8 Å². The van der Waals surface area contributed by atoms with Crippen molar-refractivity contribution in [3.63, 3.8) is 0 Å². The average molecular weight is 750 g/mol. The van der Waals surface area contributed by atoms with Gasteiger partial charge < -0.3 is 45.1 Å². The Morgan fingerprint density at radius 2 is 1.60 bits per heavy atom. The Labute approximate surface area is 319 Å². The Kier molecular flexibility index (Phi) is 25.5. The molecule has 1 fully saturated rings. The number of likely N-dealkylation sites (N-methyl/N-ethyl adjacent to an activating group) is 3. The summed E-state index contributed by atoms with van der Waals surface area (Å²) in [4.78, 5) is 64.6. The number of nitrogens with one attached hydrogen (secondary N) is 3. The molecule has 1 saturated heterocycles. The summed E-state index contributed by atoms with van der Waals surface area (Å²) in [7, 11) is 8.20. The average Bonchev–Trinajstić information content (AvgIpc) is 3.63. The number of aldehydes is 1. The van der Waals surface area contributed by atoms with Gasteiger partial charge in [0.05, 0.1) is 43.3 Å². The molecule has 3 amide bonds. The second kappa shape index (κ2) is 27.2. The number of hydrogen-bond donors (Lipinski definition) is 4. The molecule has 1 heterocycles. The van der Waals surface area contributed by atoms with Crippen molar-refractivity contribution in [2.75, 3.05) is 48.5 Å². The maximum Gasteiger partial charge on any atom is 0.321 e. The van der Waals surface area contributed by atoms with E-state index in [1.165, 1.54) is 6.42 Å². The molecule has 0 aromatic heterocycles. The standard InChI is InChI=1S/C27H50N4O6.C10H13NO2.C3H8/c1-10-18(4)25(30(7)23(34)15-29-27(35)24(28-6)17(2)3)21(36-8)14-22(33)31-13-11-12-20(31)26(37-9)19(5)16-32;1-11-9(10(12)13)7-8-5-3-2-4-6-8;1-3-2/h16-21,24-26,28H,10-15H2,1-9H3,(H,29,35);2-6,9,11H,7H2,1H3,(H,12,13);3H2,1-2H3. The molecule has 13 nitrogen and oxygen atoms in total. The summed E-state index contributed by atoms with van der Waals surface area (Å²) in [6.45, 7) is 14.5. The lowest BCUT2D eigenvalue weighted by Gasteiger charge is -2.39. The zero-order chi connectivity index (χ0) is 40.7. The summed E-state index contributed by atoms with van der Waals surface area (Å²) in [6.07, 6.45) is 4.25. The van der Waals surface area contributed by atoms with Crippen LogP contribution >= 0.6 is 0 Å². The van der Waals surface area contributed by atoms with Crippen molar-refractivity contribution >= 4 is 30.0 Å². The Balaban J connectivity index is 0.00000139. The largest absolute Gasteiger partial charge is 0.480 e. The van der Waals surface area contributed by atoms with Gasteiger partial charge in [-0.3, -0.25) is 19.2 Å². The fourth-order valence-corrected chi connectivity index (χ4v) is 6.61. The molecule has 53 heavy (non-hydrogen) atoms. The Morgan fingerprint density at radius 3 is 2.06 bits per heavy atom. The van der Waals surface area contributed by atoms with Gasteiger partial charge in [0.15, 0.2) is 0 Å². The SMILES string of the molecule is CCC.CCC(C)C(C(CC(=O)N1CCCC1C(OC)C(C)C=O)OC)N(C)C(=O)CNC(=O)C(NC)C(C)C.CNC(Cc1ccccc1)C(=O)O. The van der Waals surface area contributed by atoms with Crippen LogP contribution in [-0.4, -0.2) is 130 Å². The van der Waals surface area contributed by atoms with E-state index in [9.17, 15) is 24.0 Å². The van der Waals surface area contributed by atoms with Crippen LogP contribution in [0.2, 0.25) is 0 Å². The van der Waals surface area contributed by atoms with Crippen LogP contribution in [0.15, 0.2) is 30.3 Å². The van der Waals surface area contributed by atoms with Crippen molar-refractivity contribution < 1.29 is 38.6 Å². The van der Waals surface area contributed by atoms with E-state index in [0.29, 0.717) is 13.0 Å². The molecular formula is C40H71N5O8. The number of aliphatic carboxylic acids is 1. The zero-order valence-electron chi connectivity index (χ0n) is 34.5. The van der Waals surface area contributed by atoms with Crippen LogP contribution in [-0.2, 0) is 39.9 Å². The highest BCUT2D eigenvalue weighted by atomic mass is 16.5. The van der Waals surface area contributed by atoms with Gasteiger partial charge >= 0.3 is 5.97 Å². The lowest BCUT2D eigenvalue weighted by molar-refractivity contribution is -0.144. The Hall–Kier alpha value is -3.39. The Bertz CT molecular complexity index is 1200. The third-order valence-electron chi connectivity index (χ3n) is 9.73. The summed E-state index contributed by atoms with van der Waals surface area (Å²) < 4.78 is 11.4.